The molecule has 96 valence electrons. The van der Waals surface area contributed by atoms with Gasteiger partial charge in [0, 0.05) is 18.8 Å². The lowest BCUT2D eigenvalue weighted by molar-refractivity contribution is 0.578. The molecule has 1 N–H and O–H groups in total. The van der Waals surface area contributed by atoms with E-state index >= 15 is 0 Å². The Hall–Kier alpha value is -1.46. The topological polar surface area (TPSA) is 55.6 Å². The van der Waals surface area contributed by atoms with Gasteiger partial charge in [-0.2, -0.15) is 5.10 Å². The Balaban J connectivity index is 2.21. The third-order valence-corrected chi connectivity index (χ3v) is 2.81. The van der Waals surface area contributed by atoms with Crippen LogP contribution in [0.25, 0.3) is 5.82 Å². The molecule has 0 bridgehead atoms. The van der Waals surface area contributed by atoms with Crippen molar-refractivity contribution >= 4 is 11.6 Å². The van der Waals surface area contributed by atoms with Crippen molar-refractivity contribution in [2.24, 2.45) is 0 Å². The summed E-state index contributed by atoms with van der Waals surface area (Å²) in [5, 5.41) is 8.20. The lowest BCUT2D eigenvalue weighted by atomic mass is 10.3. The summed E-state index contributed by atoms with van der Waals surface area (Å²) in [4.78, 5) is 8.66. The summed E-state index contributed by atoms with van der Waals surface area (Å²) in [6, 6.07) is 0.414. The van der Waals surface area contributed by atoms with E-state index in [0.29, 0.717) is 23.4 Å². The SMILES string of the molecule is Cc1nn(-c2cncc(CNC(C)C)n2)cc1Cl. The maximum absolute atomic E-state index is 5.98. The number of nitrogens with zero attached hydrogens (tertiary/aromatic N) is 4. The molecule has 0 amide bonds. The molecule has 6 heteroatoms. The van der Waals surface area contributed by atoms with Gasteiger partial charge in [-0.25, -0.2) is 9.67 Å². The molecule has 0 aliphatic heterocycles. The summed E-state index contributed by atoms with van der Waals surface area (Å²) >= 11 is 5.98. The van der Waals surface area contributed by atoms with Crippen LogP contribution in [0.2, 0.25) is 5.02 Å². The second-order valence-electron chi connectivity index (χ2n) is 4.41. The summed E-state index contributed by atoms with van der Waals surface area (Å²) in [7, 11) is 0. The van der Waals surface area contributed by atoms with Crippen LogP contribution in [0, 0.1) is 6.92 Å². The molecule has 2 aromatic heterocycles. The van der Waals surface area contributed by atoms with Crippen LogP contribution in [0.4, 0.5) is 0 Å². The molecule has 0 saturated carbocycles. The van der Waals surface area contributed by atoms with Gasteiger partial charge >= 0.3 is 0 Å². The molecule has 0 unspecified atom stereocenters. The normalized spacial score (nSPS) is 11.2. The Morgan fingerprint density at radius 3 is 2.78 bits per heavy atom. The minimum Gasteiger partial charge on any atom is -0.309 e. The van der Waals surface area contributed by atoms with Crippen LogP contribution in [-0.2, 0) is 6.54 Å². The molecule has 2 aromatic rings. The third-order valence-electron chi connectivity index (χ3n) is 2.44. The van der Waals surface area contributed by atoms with Gasteiger partial charge in [0.25, 0.3) is 0 Å². The fourth-order valence-electron chi connectivity index (χ4n) is 1.46. The smallest absolute Gasteiger partial charge is 0.172 e. The molecule has 0 aliphatic carbocycles. The van der Waals surface area contributed by atoms with Crippen LogP contribution in [0.1, 0.15) is 25.2 Å². The van der Waals surface area contributed by atoms with E-state index in [1.807, 2.05) is 6.92 Å². The third kappa shape index (κ3) is 3.05. The predicted octanol–water partition coefficient (Wildman–Crippen LogP) is 2.12. The molecule has 18 heavy (non-hydrogen) atoms. The monoisotopic (exact) mass is 265 g/mol. The van der Waals surface area contributed by atoms with Crippen molar-refractivity contribution in [1.29, 1.82) is 0 Å². The molecule has 0 aromatic carbocycles. The van der Waals surface area contributed by atoms with Gasteiger partial charge in [0.2, 0.25) is 0 Å². The van der Waals surface area contributed by atoms with Crippen LogP contribution in [0.3, 0.4) is 0 Å². The Labute approximate surface area is 111 Å². The van der Waals surface area contributed by atoms with Crippen molar-refractivity contribution in [2.45, 2.75) is 33.4 Å². The van der Waals surface area contributed by atoms with Crippen LogP contribution in [0.5, 0.6) is 0 Å². The number of halogens is 1. The van der Waals surface area contributed by atoms with Crippen molar-refractivity contribution in [3.8, 4) is 5.82 Å². The summed E-state index contributed by atoms with van der Waals surface area (Å²) in [6.07, 6.45) is 5.15. The van der Waals surface area contributed by atoms with Crippen molar-refractivity contribution < 1.29 is 0 Å². The Morgan fingerprint density at radius 1 is 1.39 bits per heavy atom. The highest BCUT2D eigenvalue weighted by Crippen LogP contribution is 2.14. The number of hydrogen-bond donors (Lipinski definition) is 1. The van der Waals surface area contributed by atoms with Gasteiger partial charge in [-0.05, 0) is 6.92 Å². The molecule has 2 heterocycles. The zero-order valence-electron chi connectivity index (χ0n) is 10.7. The first-order valence-electron chi connectivity index (χ1n) is 5.82. The fraction of sp³-hybridized carbons (Fsp3) is 0.417. The van der Waals surface area contributed by atoms with Crippen LogP contribution in [0.15, 0.2) is 18.6 Å². The number of nitrogens with one attached hydrogen (secondary N) is 1. The standard InChI is InChI=1S/C12H16ClN5/c1-8(2)15-5-10-4-14-6-12(16-10)18-7-11(13)9(3)17-18/h4,6-8,15H,5H2,1-3H3. The van der Waals surface area contributed by atoms with E-state index in [-0.39, 0.29) is 0 Å². The zero-order valence-corrected chi connectivity index (χ0v) is 11.4. The minimum atomic E-state index is 0.414. The zero-order chi connectivity index (χ0) is 13.1. The Kier molecular flexibility index (Phi) is 3.93. The summed E-state index contributed by atoms with van der Waals surface area (Å²) < 4.78 is 1.64. The van der Waals surface area contributed by atoms with E-state index in [2.05, 4.69) is 34.2 Å². The molecule has 0 saturated heterocycles. The van der Waals surface area contributed by atoms with Crippen molar-refractivity contribution in [3.05, 3.63) is 35.0 Å². The number of aryl methyl sites for hydroxylation is 1. The van der Waals surface area contributed by atoms with Crippen molar-refractivity contribution in [3.63, 3.8) is 0 Å². The summed E-state index contributed by atoms with van der Waals surface area (Å²) in [6.45, 7) is 6.73. The first-order valence-corrected chi connectivity index (χ1v) is 6.20. The van der Waals surface area contributed by atoms with Gasteiger partial charge in [-0.1, -0.05) is 25.4 Å². The van der Waals surface area contributed by atoms with Gasteiger partial charge < -0.3 is 5.32 Å². The second kappa shape index (κ2) is 5.46. The number of rotatable bonds is 4. The lowest BCUT2D eigenvalue weighted by Gasteiger charge is -2.08. The molecule has 0 aliphatic rings. The number of aromatic nitrogens is 4. The highest BCUT2D eigenvalue weighted by atomic mass is 35.5. The Bertz CT molecular complexity index is 516. The number of hydrogen-bond acceptors (Lipinski definition) is 4. The summed E-state index contributed by atoms with van der Waals surface area (Å²) in [5.74, 6) is 0.674. The molecule has 2 rings (SSSR count). The molecule has 0 atom stereocenters. The van der Waals surface area contributed by atoms with E-state index in [1.165, 1.54) is 0 Å². The maximum atomic E-state index is 5.98. The van der Waals surface area contributed by atoms with Crippen LogP contribution < -0.4 is 5.32 Å². The van der Waals surface area contributed by atoms with E-state index < -0.39 is 0 Å². The molecule has 0 fully saturated rings. The highest BCUT2D eigenvalue weighted by Gasteiger charge is 2.06. The van der Waals surface area contributed by atoms with Gasteiger partial charge in [0.1, 0.15) is 0 Å². The second-order valence-corrected chi connectivity index (χ2v) is 4.82. The average Bonchev–Trinajstić information content (AvgIpc) is 2.68. The molecule has 5 nitrogen and oxygen atoms in total. The van der Waals surface area contributed by atoms with E-state index in [0.717, 1.165) is 11.4 Å². The summed E-state index contributed by atoms with van der Waals surface area (Å²) in [5.41, 5.74) is 1.66. The van der Waals surface area contributed by atoms with E-state index in [1.54, 1.807) is 23.3 Å². The molecule has 0 radical (unpaired) electrons. The average molecular weight is 266 g/mol. The van der Waals surface area contributed by atoms with Gasteiger partial charge in [-0.3, -0.25) is 4.98 Å². The van der Waals surface area contributed by atoms with Gasteiger partial charge in [0.05, 0.1) is 28.8 Å². The van der Waals surface area contributed by atoms with Crippen LogP contribution >= 0.6 is 11.6 Å². The van der Waals surface area contributed by atoms with E-state index in [9.17, 15) is 0 Å². The predicted molar refractivity (Wildman–Crippen MR) is 70.9 cm³/mol. The maximum Gasteiger partial charge on any atom is 0.172 e. The molecular weight excluding hydrogens is 250 g/mol. The minimum absolute atomic E-state index is 0.414. The van der Waals surface area contributed by atoms with Crippen molar-refractivity contribution in [2.75, 3.05) is 0 Å². The lowest BCUT2D eigenvalue weighted by Crippen LogP contribution is -2.22. The first kappa shape index (κ1) is 13.0. The van der Waals surface area contributed by atoms with Crippen LogP contribution in [-0.4, -0.2) is 25.8 Å². The fourth-order valence-corrected chi connectivity index (χ4v) is 1.59. The van der Waals surface area contributed by atoms with Gasteiger partial charge in [0.15, 0.2) is 5.82 Å². The molecular formula is C12H16ClN5. The molecule has 0 spiro atoms. The quantitative estimate of drug-likeness (QED) is 0.920. The largest absolute Gasteiger partial charge is 0.309 e. The Morgan fingerprint density at radius 2 is 2.17 bits per heavy atom. The highest BCUT2D eigenvalue weighted by molar-refractivity contribution is 6.31. The van der Waals surface area contributed by atoms with Gasteiger partial charge in [-0.15, -0.1) is 0 Å². The van der Waals surface area contributed by atoms with E-state index in [4.69, 9.17) is 11.6 Å². The van der Waals surface area contributed by atoms with Crippen molar-refractivity contribution in [1.82, 2.24) is 25.1 Å². The first-order chi connectivity index (χ1) is 8.56.